The van der Waals surface area contributed by atoms with Gasteiger partial charge in [-0.15, -0.1) is 0 Å². The second-order valence-corrected chi connectivity index (χ2v) is 4.67. The van der Waals surface area contributed by atoms with Crippen molar-refractivity contribution in [3.63, 3.8) is 0 Å². The second-order valence-electron chi connectivity index (χ2n) is 4.67. The Kier molecular flexibility index (Phi) is 4.18. The van der Waals surface area contributed by atoms with E-state index in [1.165, 1.54) is 18.2 Å². The van der Waals surface area contributed by atoms with Crippen LogP contribution in [-0.2, 0) is 11.2 Å². The molecule has 0 heterocycles. The Morgan fingerprint density at radius 1 is 1.29 bits per heavy atom. The number of hydrogen-bond acceptors (Lipinski definition) is 4. The quantitative estimate of drug-likeness (QED) is 0.513. The van der Waals surface area contributed by atoms with Crippen LogP contribution >= 0.6 is 0 Å². The molecule has 108 valence electrons. The topological polar surface area (TPSA) is 92.5 Å². The predicted octanol–water partition coefficient (Wildman–Crippen LogP) is 2.79. The van der Waals surface area contributed by atoms with Gasteiger partial charge in [0.1, 0.15) is 5.75 Å². The summed E-state index contributed by atoms with van der Waals surface area (Å²) < 4.78 is 0. The maximum atomic E-state index is 11.9. The lowest BCUT2D eigenvalue weighted by Gasteiger charge is -2.08. The third-order valence-electron chi connectivity index (χ3n) is 2.91. The number of carbonyl (C=O) groups is 1. The molecule has 2 aromatic rings. The third-order valence-corrected chi connectivity index (χ3v) is 2.91. The van der Waals surface area contributed by atoms with Gasteiger partial charge < -0.3 is 10.4 Å². The number of aromatic hydroxyl groups is 1. The second kappa shape index (κ2) is 6.04. The van der Waals surface area contributed by atoms with E-state index in [2.05, 4.69) is 5.32 Å². The van der Waals surface area contributed by atoms with Crippen LogP contribution in [0.4, 0.5) is 11.4 Å². The predicted molar refractivity (Wildman–Crippen MR) is 78.3 cm³/mol. The van der Waals surface area contributed by atoms with Gasteiger partial charge in [-0.2, -0.15) is 0 Å². The van der Waals surface area contributed by atoms with E-state index in [0.717, 1.165) is 5.56 Å². The highest BCUT2D eigenvalue weighted by Gasteiger charge is 2.10. The fourth-order valence-electron chi connectivity index (χ4n) is 1.91. The number of nitro groups is 1. The van der Waals surface area contributed by atoms with Gasteiger partial charge in [-0.1, -0.05) is 18.2 Å². The number of benzene rings is 2. The summed E-state index contributed by atoms with van der Waals surface area (Å²) in [6.07, 6.45) is -0.00496. The highest BCUT2D eigenvalue weighted by molar-refractivity contribution is 5.93. The van der Waals surface area contributed by atoms with Crippen molar-refractivity contribution in [2.45, 2.75) is 13.3 Å². The summed E-state index contributed by atoms with van der Waals surface area (Å²) in [5, 5.41) is 23.0. The van der Waals surface area contributed by atoms with Gasteiger partial charge in [-0.3, -0.25) is 14.9 Å². The Morgan fingerprint density at radius 3 is 2.71 bits per heavy atom. The number of non-ortho nitro benzene ring substituents is 1. The van der Waals surface area contributed by atoms with Gasteiger partial charge in [0.15, 0.2) is 0 Å². The standard InChI is InChI=1S/C15H14N2O4/c1-10-5-6-13(14(18)7-10)16-15(19)9-11-3-2-4-12(8-11)17(20)21/h2-8,18H,9H2,1H3,(H,16,19). The zero-order valence-electron chi connectivity index (χ0n) is 11.4. The van der Waals surface area contributed by atoms with Gasteiger partial charge in [0.2, 0.25) is 5.91 Å². The van der Waals surface area contributed by atoms with E-state index in [0.29, 0.717) is 11.3 Å². The Morgan fingerprint density at radius 2 is 2.05 bits per heavy atom. The van der Waals surface area contributed by atoms with E-state index < -0.39 is 4.92 Å². The first-order valence-electron chi connectivity index (χ1n) is 6.28. The number of nitrogens with zero attached hydrogens (tertiary/aromatic N) is 1. The molecular weight excluding hydrogens is 272 g/mol. The van der Waals surface area contributed by atoms with Crippen molar-refractivity contribution in [2.24, 2.45) is 0 Å². The lowest BCUT2D eigenvalue weighted by atomic mass is 10.1. The summed E-state index contributed by atoms with van der Waals surface area (Å²) in [6.45, 7) is 1.83. The molecule has 0 saturated carbocycles. The van der Waals surface area contributed by atoms with Crippen LogP contribution in [0.25, 0.3) is 0 Å². The number of carbonyl (C=O) groups excluding carboxylic acids is 1. The van der Waals surface area contributed by atoms with Crippen molar-refractivity contribution in [3.8, 4) is 5.75 Å². The first-order valence-corrected chi connectivity index (χ1v) is 6.28. The van der Waals surface area contributed by atoms with Crippen LogP contribution in [0, 0.1) is 17.0 Å². The minimum atomic E-state index is -0.507. The van der Waals surface area contributed by atoms with Crippen LogP contribution in [-0.4, -0.2) is 15.9 Å². The largest absolute Gasteiger partial charge is 0.506 e. The van der Waals surface area contributed by atoms with Crippen LogP contribution in [0.2, 0.25) is 0 Å². The lowest BCUT2D eigenvalue weighted by Crippen LogP contribution is -2.14. The SMILES string of the molecule is Cc1ccc(NC(=O)Cc2cccc([N+](=O)[O-])c2)c(O)c1. The number of nitro benzene ring substituents is 1. The van der Waals surface area contributed by atoms with E-state index in [4.69, 9.17) is 0 Å². The third kappa shape index (κ3) is 3.79. The van der Waals surface area contributed by atoms with E-state index >= 15 is 0 Å². The Labute approximate surface area is 121 Å². The molecule has 0 atom stereocenters. The van der Waals surface area contributed by atoms with E-state index in [-0.39, 0.29) is 23.8 Å². The number of phenols is 1. The Bertz CT molecular complexity index is 698. The fourth-order valence-corrected chi connectivity index (χ4v) is 1.91. The summed E-state index contributed by atoms with van der Waals surface area (Å²) >= 11 is 0. The summed E-state index contributed by atoms with van der Waals surface area (Å²) in [7, 11) is 0. The molecule has 0 bridgehead atoms. The molecular formula is C15H14N2O4. The molecule has 6 heteroatoms. The number of amides is 1. The van der Waals surface area contributed by atoms with Crippen molar-refractivity contribution in [1.82, 2.24) is 0 Å². The number of anilines is 1. The molecule has 0 unspecified atom stereocenters. The maximum absolute atomic E-state index is 11.9. The van der Waals surface area contributed by atoms with Gasteiger partial charge in [0.05, 0.1) is 17.0 Å². The number of nitrogens with one attached hydrogen (secondary N) is 1. The minimum Gasteiger partial charge on any atom is -0.506 e. The Balaban J connectivity index is 2.08. The molecule has 2 aromatic carbocycles. The van der Waals surface area contributed by atoms with E-state index in [9.17, 15) is 20.0 Å². The summed E-state index contributed by atoms with van der Waals surface area (Å²) in [5.41, 5.74) is 1.67. The zero-order chi connectivity index (χ0) is 15.4. The highest BCUT2D eigenvalue weighted by atomic mass is 16.6. The molecule has 0 saturated heterocycles. The van der Waals surface area contributed by atoms with Crippen LogP contribution in [0.3, 0.4) is 0 Å². The van der Waals surface area contributed by atoms with Gasteiger partial charge in [0, 0.05) is 12.1 Å². The summed E-state index contributed by atoms with van der Waals surface area (Å²) in [4.78, 5) is 22.1. The summed E-state index contributed by atoms with van der Waals surface area (Å²) in [6, 6.07) is 10.8. The molecule has 0 radical (unpaired) electrons. The van der Waals surface area contributed by atoms with Crippen molar-refractivity contribution in [3.05, 3.63) is 63.7 Å². The van der Waals surface area contributed by atoms with Crippen molar-refractivity contribution >= 4 is 17.3 Å². The number of phenolic OH excluding ortho intramolecular Hbond substituents is 1. The normalized spacial score (nSPS) is 10.1. The molecule has 1 amide bonds. The smallest absolute Gasteiger partial charge is 0.269 e. The van der Waals surface area contributed by atoms with Gasteiger partial charge >= 0.3 is 0 Å². The van der Waals surface area contributed by atoms with E-state index in [1.807, 2.05) is 6.92 Å². The van der Waals surface area contributed by atoms with Crippen molar-refractivity contribution in [2.75, 3.05) is 5.32 Å². The van der Waals surface area contributed by atoms with E-state index in [1.54, 1.807) is 24.3 Å². The fraction of sp³-hybridized carbons (Fsp3) is 0.133. The maximum Gasteiger partial charge on any atom is 0.269 e. The number of rotatable bonds is 4. The van der Waals surface area contributed by atoms with Gasteiger partial charge in [-0.25, -0.2) is 0 Å². The zero-order valence-corrected chi connectivity index (χ0v) is 11.4. The number of aryl methyl sites for hydroxylation is 1. The lowest BCUT2D eigenvalue weighted by molar-refractivity contribution is -0.384. The average Bonchev–Trinajstić information content (AvgIpc) is 2.42. The van der Waals surface area contributed by atoms with Crippen molar-refractivity contribution < 1.29 is 14.8 Å². The molecule has 2 N–H and O–H groups in total. The average molecular weight is 286 g/mol. The molecule has 0 aliphatic carbocycles. The van der Waals surface area contributed by atoms with Crippen LogP contribution in [0.5, 0.6) is 5.75 Å². The van der Waals surface area contributed by atoms with Crippen LogP contribution in [0.1, 0.15) is 11.1 Å². The van der Waals surface area contributed by atoms with Crippen molar-refractivity contribution in [1.29, 1.82) is 0 Å². The first-order chi connectivity index (χ1) is 9.95. The molecule has 0 fully saturated rings. The molecule has 0 aromatic heterocycles. The molecule has 21 heavy (non-hydrogen) atoms. The molecule has 2 rings (SSSR count). The van der Waals surface area contributed by atoms with Gasteiger partial charge in [-0.05, 0) is 30.2 Å². The first kappa shape index (κ1) is 14.5. The monoisotopic (exact) mass is 286 g/mol. The molecule has 0 aliphatic rings. The molecule has 0 aliphatic heterocycles. The molecule has 6 nitrogen and oxygen atoms in total. The number of hydrogen-bond donors (Lipinski definition) is 2. The minimum absolute atomic E-state index is 0.00496. The van der Waals surface area contributed by atoms with Gasteiger partial charge in [0.25, 0.3) is 5.69 Å². The Hall–Kier alpha value is -2.89. The van der Waals surface area contributed by atoms with Crippen LogP contribution in [0.15, 0.2) is 42.5 Å². The van der Waals surface area contributed by atoms with Crippen LogP contribution < -0.4 is 5.32 Å². The summed E-state index contributed by atoms with van der Waals surface area (Å²) in [5.74, 6) is -0.364. The highest BCUT2D eigenvalue weighted by Crippen LogP contribution is 2.24. The molecule has 0 spiro atoms.